The quantitative estimate of drug-likeness (QED) is 0.666. The van der Waals surface area contributed by atoms with Crippen LogP contribution < -0.4 is 4.74 Å². The van der Waals surface area contributed by atoms with Gasteiger partial charge >= 0.3 is 0 Å². The SMILES string of the molecule is N#Cc1nccnc1OCCO. The van der Waals surface area contributed by atoms with Crippen molar-refractivity contribution in [3.05, 3.63) is 18.1 Å². The van der Waals surface area contributed by atoms with Crippen LogP contribution in [-0.4, -0.2) is 28.3 Å². The standard InChI is InChI=1S/C7H7N3O2/c8-5-6-7(12-4-3-11)10-2-1-9-6/h1-2,11H,3-4H2. The van der Waals surface area contributed by atoms with E-state index in [-0.39, 0.29) is 24.8 Å². The molecule has 0 aliphatic carbocycles. The third-order valence-corrected chi connectivity index (χ3v) is 1.10. The maximum absolute atomic E-state index is 8.52. The first-order valence-electron chi connectivity index (χ1n) is 3.33. The molecule has 12 heavy (non-hydrogen) atoms. The Kier molecular flexibility index (Phi) is 2.99. The lowest BCUT2D eigenvalue weighted by atomic mass is 10.5. The summed E-state index contributed by atoms with van der Waals surface area (Å²) >= 11 is 0. The first kappa shape index (κ1) is 8.43. The van der Waals surface area contributed by atoms with E-state index in [0.717, 1.165) is 0 Å². The van der Waals surface area contributed by atoms with Gasteiger partial charge in [-0.25, -0.2) is 9.97 Å². The lowest BCUT2D eigenvalue weighted by Gasteiger charge is -2.01. The molecule has 1 aromatic heterocycles. The van der Waals surface area contributed by atoms with E-state index >= 15 is 0 Å². The highest BCUT2D eigenvalue weighted by atomic mass is 16.5. The van der Waals surface area contributed by atoms with E-state index in [1.807, 2.05) is 6.07 Å². The van der Waals surface area contributed by atoms with Crippen molar-refractivity contribution in [2.75, 3.05) is 13.2 Å². The van der Waals surface area contributed by atoms with E-state index in [1.54, 1.807) is 0 Å². The third-order valence-electron chi connectivity index (χ3n) is 1.10. The van der Waals surface area contributed by atoms with Gasteiger partial charge in [0.1, 0.15) is 12.7 Å². The van der Waals surface area contributed by atoms with Crippen LogP contribution in [0, 0.1) is 11.3 Å². The smallest absolute Gasteiger partial charge is 0.251 e. The van der Waals surface area contributed by atoms with Gasteiger partial charge in [-0.05, 0) is 0 Å². The molecule has 0 radical (unpaired) electrons. The second kappa shape index (κ2) is 4.26. The van der Waals surface area contributed by atoms with Crippen molar-refractivity contribution in [1.29, 1.82) is 5.26 Å². The van der Waals surface area contributed by atoms with Crippen LogP contribution in [0.2, 0.25) is 0 Å². The molecule has 0 saturated heterocycles. The fourth-order valence-electron chi connectivity index (χ4n) is 0.650. The minimum atomic E-state index is -0.110. The zero-order valence-electron chi connectivity index (χ0n) is 6.27. The number of aromatic nitrogens is 2. The summed E-state index contributed by atoms with van der Waals surface area (Å²) in [7, 11) is 0. The van der Waals surface area contributed by atoms with Gasteiger partial charge in [0.15, 0.2) is 0 Å². The Bertz CT molecular complexity index is 295. The number of nitrogens with zero attached hydrogens (tertiary/aromatic N) is 3. The molecule has 0 amide bonds. The molecule has 0 spiro atoms. The van der Waals surface area contributed by atoms with Crippen LogP contribution in [0.4, 0.5) is 0 Å². The number of aliphatic hydroxyl groups is 1. The molecular formula is C7H7N3O2. The second-order valence-corrected chi connectivity index (χ2v) is 1.89. The molecule has 0 unspecified atom stereocenters. The van der Waals surface area contributed by atoms with Crippen LogP contribution in [0.3, 0.4) is 0 Å². The van der Waals surface area contributed by atoms with Crippen molar-refractivity contribution in [3.8, 4) is 11.9 Å². The van der Waals surface area contributed by atoms with Crippen molar-refractivity contribution < 1.29 is 9.84 Å². The number of hydrogen-bond donors (Lipinski definition) is 1. The number of ether oxygens (including phenoxy) is 1. The molecule has 62 valence electrons. The van der Waals surface area contributed by atoms with Crippen molar-refractivity contribution in [1.82, 2.24) is 9.97 Å². The molecule has 0 aromatic carbocycles. The summed E-state index contributed by atoms with van der Waals surface area (Å²) < 4.78 is 4.93. The highest BCUT2D eigenvalue weighted by Crippen LogP contribution is 2.08. The fourth-order valence-corrected chi connectivity index (χ4v) is 0.650. The monoisotopic (exact) mass is 165 g/mol. The van der Waals surface area contributed by atoms with Crippen molar-refractivity contribution in [2.24, 2.45) is 0 Å². The molecule has 1 heterocycles. The van der Waals surface area contributed by atoms with E-state index in [9.17, 15) is 0 Å². The molecule has 1 rings (SSSR count). The van der Waals surface area contributed by atoms with Crippen LogP contribution in [0.5, 0.6) is 5.88 Å². The van der Waals surface area contributed by atoms with E-state index in [0.29, 0.717) is 0 Å². The summed E-state index contributed by atoms with van der Waals surface area (Å²) in [5.74, 6) is 0.161. The van der Waals surface area contributed by atoms with Crippen LogP contribution in [0.1, 0.15) is 5.69 Å². The molecule has 0 aliphatic rings. The van der Waals surface area contributed by atoms with E-state index in [1.165, 1.54) is 12.4 Å². The summed E-state index contributed by atoms with van der Waals surface area (Å²) in [6, 6.07) is 1.82. The van der Waals surface area contributed by atoms with Crippen molar-refractivity contribution >= 4 is 0 Å². The summed E-state index contributed by atoms with van der Waals surface area (Å²) in [6.07, 6.45) is 2.83. The lowest BCUT2D eigenvalue weighted by molar-refractivity contribution is 0.196. The molecule has 0 atom stereocenters. The first-order chi connectivity index (χ1) is 5.88. The molecule has 0 saturated carbocycles. The number of nitriles is 1. The van der Waals surface area contributed by atoms with Gasteiger partial charge in [-0.3, -0.25) is 0 Å². The predicted molar refractivity (Wildman–Crippen MR) is 39.3 cm³/mol. The van der Waals surface area contributed by atoms with E-state index < -0.39 is 0 Å². The lowest BCUT2D eigenvalue weighted by Crippen LogP contribution is -2.05. The van der Waals surface area contributed by atoms with E-state index in [2.05, 4.69) is 9.97 Å². The van der Waals surface area contributed by atoms with Gasteiger partial charge in [-0.1, -0.05) is 0 Å². The zero-order chi connectivity index (χ0) is 8.81. The topological polar surface area (TPSA) is 79.0 Å². The highest BCUT2D eigenvalue weighted by Gasteiger charge is 2.03. The predicted octanol–water partition coefficient (Wildman–Crippen LogP) is -0.281. The minimum absolute atomic E-state index is 0.110. The molecule has 0 aliphatic heterocycles. The molecule has 1 N–H and O–H groups in total. The number of aliphatic hydroxyl groups excluding tert-OH is 1. The Morgan fingerprint density at radius 2 is 2.25 bits per heavy atom. The van der Waals surface area contributed by atoms with Gasteiger partial charge in [0.05, 0.1) is 6.61 Å². The average Bonchev–Trinajstić information content (AvgIpc) is 2.15. The summed E-state index contributed by atoms with van der Waals surface area (Å²) in [6.45, 7) is 0.00875. The van der Waals surface area contributed by atoms with Gasteiger partial charge in [-0.2, -0.15) is 5.26 Å². The van der Waals surface area contributed by atoms with Crippen molar-refractivity contribution in [3.63, 3.8) is 0 Å². The zero-order valence-corrected chi connectivity index (χ0v) is 6.27. The van der Waals surface area contributed by atoms with Gasteiger partial charge in [0.25, 0.3) is 5.88 Å². The maximum Gasteiger partial charge on any atom is 0.251 e. The summed E-state index contributed by atoms with van der Waals surface area (Å²) in [4.78, 5) is 7.49. The molecule has 0 bridgehead atoms. The Morgan fingerprint density at radius 3 is 2.92 bits per heavy atom. The average molecular weight is 165 g/mol. The highest BCUT2D eigenvalue weighted by molar-refractivity contribution is 5.29. The van der Waals surface area contributed by atoms with Gasteiger partial charge in [-0.15, -0.1) is 0 Å². The van der Waals surface area contributed by atoms with Crippen LogP contribution in [0.15, 0.2) is 12.4 Å². The normalized spacial score (nSPS) is 9.00. The minimum Gasteiger partial charge on any atom is -0.473 e. The third kappa shape index (κ3) is 1.90. The van der Waals surface area contributed by atoms with Crippen LogP contribution in [-0.2, 0) is 0 Å². The summed E-state index contributed by atoms with van der Waals surface area (Å²) in [5, 5.41) is 17.0. The van der Waals surface area contributed by atoms with Crippen LogP contribution in [0.25, 0.3) is 0 Å². The Labute approximate surface area is 69.3 Å². The molecule has 1 aromatic rings. The molecular weight excluding hydrogens is 158 g/mol. The number of hydrogen-bond acceptors (Lipinski definition) is 5. The fraction of sp³-hybridized carbons (Fsp3) is 0.286. The van der Waals surface area contributed by atoms with Gasteiger partial charge in [0, 0.05) is 12.4 Å². The Balaban J connectivity index is 2.77. The summed E-state index contributed by atoms with van der Waals surface area (Å²) in [5.41, 5.74) is 0.131. The second-order valence-electron chi connectivity index (χ2n) is 1.89. The number of rotatable bonds is 3. The molecule has 0 fully saturated rings. The van der Waals surface area contributed by atoms with E-state index in [4.69, 9.17) is 15.1 Å². The first-order valence-corrected chi connectivity index (χ1v) is 3.33. The Hall–Kier alpha value is -1.67. The Morgan fingerprint density at radius 1 is 1.50 bits per heavy atom. The molecule has 5 heteroatoms. The maximum atomic E-state index is 8.52. The van der Waals surface area contributed by atoms with Gasteiger partial charge < -0.3 is 9.84 Å². The van der Waals surface area contributed by atoms with Crippen LogP contribution >= 0.6 is 0 Å². The van der Waals surface area contributed by atoms with Crippen molar-refractivity contribution in [2.45, 2.75) is 0 Å². The largest absolute Gasteiger partial charge is 0.473 e. The van der Waals surface area contributed by atoms with Gasteiger partial charge in [0.2, 0.25) is 5.69 Å². The molecule has 5 nitrogen and oxygen atoms in total.